The van der Waals surface area contributed by atoms with Gasteiger partial charge in [0.25, 0.3) is 0 Å². The molecule has 0 bridgehead atoms. The first-order chi connectivity index (χ1) is 9.22. The Morgan fingerprint density at radius 3 is 2.95 bits per heavy atom. The number of nitrogens with one attached hydrogen (secondary N) is 1. The number of rotatable bonds is 6. The molecular formula is C13H19N5S. The summed E-state index contributed by atoms with van der Waals surface area (Å²) in [5.74, 6) is 0. The van der Waals surface area contributed by atoms with Crippen LogP contribution in [0.25, 0.3) is 0 Å². The van der Waals surface area contributed by atoms with Crippen molar-refractivity contribution in [3.63, 3.8) is 0 Å². The smallest absolute Gasteiger partial charge is 0.116 e. The zero-order valence-electron chi connectivity index (χ0n) is 11.6. The normalized spacial score (nSPS) is 10.9. The second-order valence-corrected chi connectivity index (χ2v) is 5.33. The highest BCUT2D eigenvalue weighted by atomic mass is 32.2. The van der Waals surface area contributed by atoms with Gasteiger partial charge in [-0.25, -0.2) is 9.97 Å². The Bertz CT molecular complexity index is 523. The lowest BCUT2D eigenvalue weighted by molar-refractivity contribution is 0.652. The monoisotopic (exact) mass is 277 g/mol. The Kier molecular flexibility index (Phi) is 4.93. The number of nitrogens with zero attached hydrogens (tertiary/aromatic N) is 4. The van der Waals surface area contributed by atoms with E-state index in [1.54, 1.807) is 24.3 Å². The van der Waals surface area contributed by atoms with Gasteiger partial charge in [-0.05, 0) is 37.7 Å². The van der Waals surface area contributed by atoms with Gasteiger partial charge in [-0.1, -0.05) is 6.92 Å². The molecule has 0 fully saturated rings. The summed E-state index contributed by atoms with van der Waals surface area (Å²) in [6, 6.07) is 1.91. The number of aromatic nitrogens is 4. The summed E-state index contributed by atoms with van der Waals surface area (Å²) >= 11 is 1.63. The molecule has 0 unspecified atom stereocenters. The summed E-state index contributed by atoms with van der Waals surface area (Å²) in [4.78, 5) is 8.19. The Morgan fingerprint density at radius 2 is 2.26 bits per heavy atom. The van der Waals surface area contributed by atoms with E-state index in [0.717, 1.165) is 35.3 Å². The van der Waals surface area contributed by atoms with Crippen molar-refractivity contribution in [1.29, 1.82) is 0 Å². The quantitative estimate of drug-likeness (QED) is 0.648. The summed E-state index contributed by atoms with van der Waals surface area (Å²) in [6.45, 7) is 6.08. The van der Waals surface area contributed by atoms with Crippen molar-refractivity contribution in [1.82, 2.24) is 25.1 Å². The van der Waals surface area contributed by atoms with Crippen LogP contribution in [0.5, 0.6) is 0 Å². The van der Waals surface area contributed by atoms with Crippen LogP contribution in [-0.4, -0.2) is 26.3 Å². The number of hydrogen-bond donors (Lipinski definition) is 1. The maximum atomic E-state index is 4.50. The van der Waals surface area contributed by atoms with E-state index in [4.69, 9.17) is 0 Å². The first-order valence-corrected chi connectivity index (χ1v) is 7.21. The van der Waals surface area contributed by atoms with Crippen LogP contribution in [0.2, 0.25) is 0 Å². The molecule has 0 aliphatic carbocycles. The van der Waals surface area contributed by atoms with Gasteiger partial charge in [-0.2, -0.15) is 5.10 Å². The minimum atomic E-state index is 0.848. The van der Waals surface area contributed by atoms with Crippen LogP contribution >= 0.6 is 11.8 Å². The largest absolute Gasteiger partial charge is 0.313 e. The van der Waals surface area contributed by atoms with Crippen molar-refractivity contribution in [3.8, 4) is 0 Å². The SMILES string of the molecule is CCCNCc1c(C)nn(C)c1Sc1ccncn1. The molecule has 0 radical (unpaired) electrons. The molecule has 5 nitrogen and oxygen atoms in total. The maximum absolute atomic E-state index is 4.50. The fraction of sp³-hybridized carbons (Fsp3) is 0.462. The van der Waals surface area contributed by atoms with E-state index in [9.17, 15) is 0 Å². The zero-order chi connectivity index (χ0) is 13.7. The van der Waals surface area contributed by atoms with E-state index in [-0.39, 0.29) is 0 Å². The molecule has 102 valence electrons. The van der Waals surface area contributed by atoms with Gasteiger partial charge in [-0.15, -0.1) is 0 Å². The highest BCUT2D eigenvalue weighted by Crippen LogP contribution is 2.29. The van der Waals surface area contributed by atoms with Crippen LogP contribution in [0.15, 0.2) is 28.6 Å². The summed E-state index contributed by atoms with van der Waals surface area (Å²) in [5, 5.41) is 10.0. The van der Waals surface area contributed by atoms with Crippen LogP contribution < -0.4 is 5.32 Å². The van der Waals surface area contributed by atoms with E-state index in [1.165, 1.54) is 5.56 Å². The fourth-order valence-electron chi connectivity index (χ4n) is 1.84. The molecule has 6 heteroatoms. The molecule has 1 N–H and O–H groups in total. The lowest BCUT2D eigenvalue weighted by Crippen LogP contribution is -2.14. The Labute approximate surface area is 117 Å². The van der Waals surface area contributed by atoms with Crippen molar-refractivity contribution < 1.29 is 0 Å². The second kappa shape index (κ2) is 6.68. The lowest BCUT2D eigenvalue weighted by Gasteiger charge is -2.06. The maximum Gasteiger partial charge on any atom is 0.116 e. The first kappa shape index (κ1) is 14.0. The summed E-state index contributed by atoms with van der Waals surface area (Å²) in [6.07, 6.45) is 4.46. The molecule has 0 aliphatic heterocycles. The van der Waals surface area contributed by atoms with Crippen LogP contribution in [-0.2, 0) is 13.6 Å². The standard InChI is InChI=1S/C13H19N5S/c1-4-6-14-8-11-10(2)17-18(3)13(11)19-12-5-7-15-9-16-12/h5,7,9,14H,4,6,8H2,1-3H3. The van der Waals surface area contributed by atoms with Gasteiger partial charge in [-0.3, -0.25) is 4.68 Å². The molecule has 0 amide bonds. The molecule has 2 rings (SSSR count). The van der Waals surface area contributed by atoms with Gasteiger partial charge in [0.1, 0.15) is 16.4 Å². The van der Waals surface area contributed by atoms with Gasteiger partial charge in [0.2, 0.25) is 0 Å². The van der Waals surface area contributed by atoms with E-state index in [2.05, 4.69) is 27.3 Å². The highest BCUT2D eigenvalue weighted by molar-refractivity contribution is 7.99. The average molecular weight is 277 g/mol. The summed E-state index contributed by atoms with van der Waals surface area (Å²) < 4.78 is 1.92. The van der Waals surface area contributed by atoms with E-state index in [0.29, 0.717) is 0 Å². The van der Waals surface area contributed by atoms with Crippen LogP contribution in [0.4, 0.5) is 0 Å². The van der Waals surface area contributed by atoms with Crippen molar-refractivity contribution >= 4 is 11.8 Å². The lowest BCUT2D eigenvalue weighted by atomic mass is 10.2. The molecule has 0 aliphatic rings. The molecule has 0 aromatic carbocycles. The Balaban J connectivity index is 2.19. The molecule has 0 atom stereocenters. The molecule has 2 heterocycles. The molecule has 0 spiro atoms. The highest BCUT2D eigenvalue weighted by Gasteiger charge is 2.14. The van der Waals surface area contributed by atoms with Crippen LogP contribution in [0, 0.1) is 6.92 Å². The summed E-state index contributed by atoms with van der Waals surface area (Å²) in [7, 11) is 1.97. The molecule has 2 aromatic heterocycles. The predicted molar refractivity (Wildman–Crippen MR) is 76.1 cm³/mol. The van der Waals surface area contributed by atoms with Gasteiger partial charge >= 0.3 is 0 Å². The fourth-order valence-corrected chi connectivity index (χ4v) is 2.78. The van der Waals surface area contributed by atoms with E-state index < -0.39 is 0 Å². The molecule has 0 saturated carbocycles. The first-order valence-electron chi connectivity index (χ1n) is 6.39. The Morgan fingerprint density at radius 1 is 1.42 bits per heavy atom. The molecule has 19 heavy (non-hydrogen) atoms. The van der Waals surface area contributed by atoms with Crippen LogP contribution in [0.3, 0.4) is 0 Å². The van der Waals surface area contributed by atoms with Gasteiger partial charge in [0, 0.05) is 25.4 Å². The topological polar surface area (TPSA) is 55.6 Å². The average Bonchev–Trinajstić information content (AvgIpc) is 2.67. The molecule has 0 saturated heterocycles. The van der Waals surface area contributed by atoms with Gasteiger partial charge in [0.15, 0.2) is 0 Å². The second-order valence-electron chi connectivity index (χ2n) is 4.32. The van der Waals surface area contributed by atoms with Crippen molar-refractivity contribution in [2.24, 2.45) is 7.05 Å². The third kappa shape index (κ3) is 3.54. The van der Waals surface area contributed by atoms with Gasteiger partial charge < -0.3 is 5.32 Å². The van der Waals surface area contributed by atoms with E-state index >= 15 is 0 Å². The van der Waals surface area contributed by atoms with Crippen molar-refractivity contribution in [2.45, 2.75) is 36.9 Å². The number of hydrogen-bond acceptors (Lipinski definition) is 5. The Hall–Kier alpha value is -1.40. The molecule has 2 aromatic rings. The zero-order valence-corrected chi connectivity index (χ0v) is 12.4. The minimum absolute atomic E-state index is 0.848. The minimum Gasteiger partial charge on any atom is -0.313 e. The van der Waals surface area contributed by atoms with Crippen LogP contribution in [0.1, 0.15) is 24.6 Å². The predicted octanol–water partition coefficient (Wildman–Crippen LogP) is 2.17. The van der Waals surface area contributed by atoms with Crippen molar-refractivity contribution in [3.05, 3.63) is 29.8 Å². The molecular weight excluding hydrogens is 258 g/mol. The van der Waals surface area contributed by atoms with Crippen molar-refractivity contribution in [2.75, 3.05) is 6.54 Å². The van der Waals surface area contributed by atoms with E-state index in [1.807, 2.05) is 24.7 Å². The number of aryl methyl sites for hydroxylation is 2. The third-order valence-corrected chi connectivity index (χ3v) is 3.93. The van der Waals surface area contributed by atoms with Gasteiger partial charge in [0.05, 0.1) is 5.69 Å². The summed E-state index contributed by atoms with van der Waals surface area (Å²) in [5.41, 5.74) is 2.32. The third-order valence-electron chi connectivity index (χ3n) is 2.77.